The molecule has 0 unspecified atom stereocenters. The number of carbonyl (C=O) groups is 3. The minimum absolute atomic E-state index is 0.102. The van der Waals surface area contributed by atoms with Gasteiger partial charge in [0, 0.05) is 20.0 Å². The van der Waals surface area contributed by atoms with Gasteiger partial charge in [-0.2, -0.15) is 0 Å². The maximum Gasteiger partial charge on any atom is 0.340 e. The maximum atomic E-state index is 12.6. The van der Waals surface area contributed by atoms with Gasteiger partial charge in [0.1, 0.15) is 11.9 Å². The number of rotatable bonds is 16. The molecule has 0 aliphatic heterocycles. The Kier molecular flexibility index (Phi) is 13.4. The first-order chi connectivity index (χ1) is 14.5. The second-order valence-corrected chi connectivity index (χ2v) is 7.44. The number of unbranched alkanes of at least 4 members (excludes halogenated alkanes) is 3. The van der Waals surface area contributed by atoms with E-state index in [2.05, 4.69) is 11.7 Å². The summed E-state index contributed by atoms with van der Waals surface area (Å²) in [6.45, 7) is 2.08. The number of hydrogen-bond donors (Lipinski definition) is 0. The molecule has 6 nitrogen and oxygen atoms in total. The van der Waals surface area contributed by atoms with Gasteiger partial charge >= 0.3 is 11.9 Å². The van der Waals surface area contributed by atoms with Crippen LogP contribution in [0, 0.1) is 0 Å². The number of benzene rings is 1. The monoisotopic (exact) mass is 420 g/mol. The van der Waals surface area contributed by atoms with Crippen LogP contribution in [0.3, 0.4) is 0 Å². The van der Waals surface area contributed by atoms with Gasteiger partial charge in [0.15, 0.2) is 6.10 Å². The average Bonchev–Trinajstić information content (AvgIpc) is 2.75. The first-order valence-electron chi connectivity index (χ1n) is 10.9. The van der Waals surface area contributed by atoms with Crippen molar-refractivity contribution < 1.29 is 28.6 Å². The molecule has 0 aromatic heterocycles. The Labute approximate surface area is 180 Å². The van der Waals surface area contributed by atoms with Gasteiger partial charge in [-0.05, 0) is 31.2 Å². The summed E-state index contributed by atoms with van der Waals surface area (Å²) in [7, 11) is 2.84. The lowest BCUT2D eigenvalue weighted by Gasteiger charge is -2.21. The van der Waals surface area contributed by atoms with Crippen LogP contribution < -0.4 is 0 Å². The van der Waals surface area contributed by atoms with Crippen LogP contribution in [0.25, 0.3) is 0 Å². The summed E-state index contributed by atoms with van der Waals surface area (Å²) in [5, 5.41) is 0. The Morgan fingerprint density at radius 3 is 2.20 bits per heavy atom. The molecule has 2 atom stereocenters. The molecule has 0 aliphatic rings. The predicted octanol–water partition coefficient (Wildman–Crippen LogP) is 4.95. The van der Waals surface area contributed by atoms with Crippen molar-refractivity contribution in [2.75, 3.05) is 14.2 Å². The predicted molar refractivity (Wildman–Crippen MR) is 115 cm³/mol. The Balaban J connectivity index is 2.31. The van der Waals surface area contributed by atoms with Crippen LogP contribution in [0.15, 0.2) is 30.3 Å². The summed E-state index contributed by atoms with van der Waals surface area (Å²) >= 11 is 0. The Hall–Kier alpha value is -2.21. The lowest BCUT2D eigenvalue weighted by molar-refractivity contribution is -0.162. The number of esters is 2. The van der Waals surface area contributed by atoms with E-state index in [0.717, 1.165) is 50.5 Å². The summed E-state index contributed by atoms with van der Waals surface area (Å²) in [6.07, 6.45) is 6.34. The third-order valence-corrected chi connectivity index (χ3v) is 5.01. The van der Waals surface area contributed by atoms with Crippen LogP contribution >= 0.6 is 0 Å². The van der Waals surface area contributed by atoms with Crippen LogP contribution in [0.4, 0.5) is 0 Å². The van der Waals surface area contributed by atoms with E-state index >= 15 is 0 Å². The molecule has 0 bridgehead atoms. The molecule has 0 amide bonds. The summed E-state index contributed by atoms with van der Waals surface area (Å²) in [5.74, 6) is -0.592. The fraction of sp³-hybridized carbons (Fsp3) is 0.625. The van der Waals surface area contributed by atoms with Crippen molar-refractivity contribution in [3.63, 3.8) is 0 Å². The van der Waals surface area contributed by atoms with Crippen LogP contribution in [-0.2, 0) is 28.6 Å². The van der Waals surface area contributed by atoms with Crippen LogP contribution in [0.1, 0.15) is 82.8 Å². The highest BCUT2D eigenvalue weighted by molar-refractivity contribution is 5.82. The van der Waals surface area contributed by atoms with E-state index in [-0.39, 0.29) is 36.7 Å². The van der Waals surface area contributed by atoms with Crippen molar-refractivity contribution in [1.29, 1.82) is 0 Å². The highest BCUT2D eigenvalue weighted by atomic mass is 16.6. The molecule has 0 aliphatic carbocycles. The van der Waals surface area contributed by atoms with Gasteiger partial charge in [0.05, 0.1) is 13.5 Å². The molecule has 6 heteroatoms. The molecule has 0 fully saturated rings. The second kappa shape index (κ2) is 15.6. The molecule has 1 aromatic rings. The first-order valence-corrected chi connectivity index (χ1v) is 10.9. The van der Waals surface area contributed by atoms with Crippen LogP contribution in [0.5, 0.6) is 0 Å². The standard InChI is InChI=1S/C24H36O6/c1-4-12-21(30-24(27)23(29-3)19-13-8-7-9-14-19)16-11-6-5-10-15-20(25)17-18-22(26)28-2/h7-9,13-14,21,23H,4-6,10-12,15-18H2,1-3H3/t21-,23-/m0/s1. The summed E-state index contributed by atoms with van der Waals surface area (Å²) < 4.78 is 15.6. The van der Waals surface area contributed by atoms with Crippen molar-refractivity contribution in [3.8, 4) is 0 Å². The zero-order chi connectivity index (χ0) is 22.2. The Bertz CT molecular complexity index is 628. The summed E-state index contributed by atoms with van der Waals surface area (Å²) in [5.41, 5.74) is 0.789. The molecule has 0 saturated heterocycles. The van der Waals surface area contributed by atoms with Gasteiger partial charge in [0.25, 0.3) is 0 Å². The third-order valence-electron chi connectivity index (χ3n) is 5.01. The lowest BCUT2D eigenvalue weighted by atomic mass is 10.0. The lowest BCUT2D eigenvalue weighted by Crippen LogP contribution is -2.24. The molecule has 30 heavy (non-hydrogen) atoms. The number of carbonyl (C=O) groups excluding carboxylic acids is 3. The molecule has 168 valence electrons. The van der Waals surface area contributed by atoms with E-state index in [1.54, 1.807) is 0 Å². The van der Waals surface area contributed by atoms with Gasteiger partial charge in [-0.15, -0.1) is 0 Å². The van der Waals surface area contributed by atoms with Gasteiger partial charge in [-0.25, -0.2) is 4.79 Å². The van der Waals surface area contributed by atoms with Crippen molar-refractivity contribution in [2.45, 2.75) is 83.3 Å². The van der Waals surface area contributed by atoms with E-state index in [1.165, 1.54) is 14.2 Å². The highest BCUT2D eigenvalue weighted by Gasteiger charge is 2.24. The molecule has 0 saturated carbocycles. The summed E-state index contributed by atoms with van der Waals surface area (Å²) in [6, 6.07) is 9.36. The molecular formula is C24H36O6. The first kappa shape index (κ1) is 25.8. The molecule has 0 radical (unpaired) electrons. The SMILES string of the molecule is CCC[C@@H](CCCCCCC(=O)CCC(=O)OC)OC(=O)[C@@H](OC)c1ccccc1. The van der Waals surface area contributed by atoms with Gasteiger partial charge in [-0.1, -0.05) is 56.5 Å². The zero-order valence-corrected chi connectivity index (χ0v) is 18.6. The number of ketones is 1. The zero-order valence-electron chi connectivity index (χ0n) is 18.6. The number of ether oxygens (including phenoxy) is 3. The molecule has 0 spiro atoms. The molecular weight excluding hydrogens is 384 g/mol. The molecule has 0 N–H and O–H groups in total. The highest BCUT2D eigenvalue weighted by Crippen LogP contribution is 2.21. The quantitative estimate of drug-likeness (QED) is 0.278. The van der Waals surface area contributed by atoms with E-state index in [9.17, 15) is 14.4 Å². The van der Waals surface area contributed by atoms with E-state index < -0.39 is 6.10 Å². The topological polar surface area (TPSA) is 78.9 Å². The Morgan fingerprint density at radius 1 is 0.867 bits per heavy atom. The van der Waals surface area contributed by atoms with Crippen molar-refractivity contribution in [2.24, 2.45) is 0 Å². The van der Waals surface area contributed by atoms with Crippen molar-refractivity contribution in [3.05, 3.63) is 35.9 Å². The third kappa shape index (κ3) is 10.5. The van der Waals surface area contributed by atoms with E-state index in [0.29, 0.717) is 6.42 Å². The van der Waals surface area contributed by atoms with Crippen LogP contribution in [0.2, 0.25) is 0 Å². The fourth-order valence-electron chi connectivity index (χ4n) is 3.32. The summed E-state index contributed by atoms with van der Waals surface area (Å²) in [4.78, 5) is 35.4. The molecule has 1 rings (SSSR count). The smallest absolute Gasteiger partial charge is 0.340 e. The van der Waals surface area contributed by atoms with E-state index in [4.69, 9.17) is 9.47 Å². The number of Topliss-reactive ketones (excluding diaryl/α,β-unsaturated/α-hetero) is 1. The van der Waals surface area contributed by atoms with Gasteiger partial charge in [-0.3, -0.25) is 9.59 Å². The molecule has 0 heterocycles. The Morgan fingerprint density at radius 2 is 1.57 bits per heavy atom. The fourth-order valence-corrected chi connectivity index (χ4v) is 3.32. The minimum Gasteiger partial charge on any atom is -0.469 e. The van der Waals surface area contributed by atoms with E-state index in [1.807, 2.05) is 30.3 Å². The second-order valence-electron chi connectivity index (χ2n) is 7.44. The normalized spacial score (nSPS) is 12.8. The average molecular weight is 421 g/mol. The largest absolute Gasteiger partial charge is 0.469 e. The van der Waals surface area contributed by atoms with Gasteiger partial charge < -0.3 is 14.2 Å². The van der Waals surface area contributed by atoms with Crippen molar-refractivity contribution in [1.82, 2.24) is 0 Å². The van der Waals surface area contributed by atoms with Gasteiger partial charge in [0.2, 0.25) is 0 Å². The minimum atomic E-state index is -0.707. The maximum absolute atomic E-state index is 12.6. The number of methoxy groups -OCH3 is 2. The van der Waals surface area contributed by atoms with Crippen molar-refractivity contribution >= 4 is 17.7 Å². The van der Waals surface area contributed by atoms with Crippen LogP contribution in [-0.4, -0.2) is 38.0 Å². The number of hydrogen-bond acceptors (Lipinski definition) is 6. The molecule has 1 aromatic carbocycles.